The molecule has 0 amide bonds. The number of benzene rings is 1. The van der Waals surface area contributed by atoms with Gasteiger partial charge in [0, 0.05) is 19.2 Å². The Labute approximate surface area is 131 Å². The van der Waals surface area contributed by atoms with E-state index in [1.54, 1.807) is 0 Å². The molecule has 1 aromatic rings. The van der Waals surface area contributed by atoms with Crippen molar-refractivity contribution in [3.05, 3.63) is 26.6 Å². The van der Waals surface area contributed by atoms with Gasteiger partial charge < -0.3 is 14.8 Å². The van der Waals surface area contributed by atoms with Crippen LogP contribution in [0.25, 0.3) is 0 Å². The van der Waals surface area contributed by atoms with Crippen LogP contribution in [0, 0.1) is 0 Å². The van der Waals surface area contributed by atoms with E-state index in [-0.39, 0.29) is 0 Å². The first-order valence-corrected chi connectivity index (χ1v) is 8.21. The molecule has 1 aliphatic heterocycles. The SMILES string of the molecule is CCOc1c(Br)cc(CNC2CCCOC2)cc1Br. The van der Waals surface area contributed by atoms with Gasteiger partial charge in [0.1, 0.15) is 5.75 Å². The summed E-state index contributed by atoms with van der Waals surface area (Å²) in [5.41, 5.74) is 1.23. The Hall–Kier alpha value is -0.100. The van der Waals surface area contributed by atoms with Gasteiger partial charge in [-0.2, -0.15) is 0 Å². The summed E-state index contributed by atoms with van der Waals surface area (Å²) in [6, 6.07) is 4.68. The number of hydrogen-bond donors (Lipinski definition) is 1. The van der Waals surface area contributed by atoms with Gasteiger partial charge in [0.05, 0.1) is 22.2 Å². The molecule has 106 valence electrons. The minimum atomic E-state index is 0.470. The maximum atomic E-state index is 5.58. The van der Waals surface area contributed by atoms with E-state index in [0.717, 1.165) is 40.9 Å². The predicted molar refractivity (Wildman–Crippen MR) is 83.7 cm³/mol. The third-order valence-corrected chi connectivity index (χ3v) is 4.28. The number of hydrogen-bond acceptors (Lipinski definition) is 3. The van der Waals surface area contributed by atoms with Gasteiger partial charge in [-0.05, 0) is 69.3 Å². The summed E-state index contributed by atoms with van der Waals surface area (Å²) < 4.78 is 13.0. The molecular weight excluding hydrogens is 374 g/mol. The first kappa shape index (κ1) is 15.3. The largest absolute Gasteiger partial charge is 0.492 e. The van der Waals surface area contributed by atoms with Crippen LogP contribution in [0.15, 0.2) is 21.1 Å². The average molecular weight is 393 g/mol. The van der Waals surface area contributed by atoms with Crippen LogP contribution >= 0.6 is 31.9 Å². The van der Waals surface area contributed by atoms with E-state index in [0.29, 0.717) is 12.6 Å². The lowest BCUT2D eigenvalue weighted by atomic mass is 10.1. The number of rotatable bonds is 5. The fourth-order valence-electron chi connectivity index (χ4n) is 2.16. The molecule has 1 atom stereocenters. The van der Waals surface area contributed by atoms with Crippen LogP contribution in [0.3, 0.4) is 0 Å². The molecule has 0 spiro atoms. The maximum absolute atomic E-state index is 5.58. The molecule has 0 aromatic heterocycles. The van der Waals surface area contributed by atoms with Crippen molar-refractivity contribution in [2.45, 2.75) is 32.4 Å². The molecule has 1 unspecified atom stereocenters. The quantitative estimate of drug-likeness (QED) is 0.824. The second-order valence-electron chi connectivity index (χ2n) is 4.62. The Morgan fingerprint density at radius 1 is 1.37 bits per heavy atom. The fourth-order valence-corrected chi connectivity index (χ4v) is 3.67. The summed E-state index contributed by atoms with van der Waals surface area (Å²) >= 11 is 7.12. The van der Waals surface area contributed by atoms with Crippen LogP contribution in [-0.4, -0.2) is 25.9 Å². The Bertz CT molecular complexity index is 397. The molecule has 1 saturated heterocycles. The van der Waals surface area contributed by atoms with Crippen molar-refractivity contribution < 1.29 is 9.47 Å². The molecule has 5 heteroatoms. The molecule has 3 nitrogen and oxygen atoms in total. The molecule has 1 heterocycles. The summed E-state index contributed by atoms with van der Waals surface area (Å²) in [5.74, 6) is 0.868. The summed E-state index contributed by atoms with van der Waals surface area (Å²) in [7, 11) is 0. The summed E-state index contributed by atoms with van der Waals surface area (Å²) in [6.07, 6.45) is 2.34. The molecule has 1 N–H and O–H groups in total. The van der Waals surface area contributed by atoms with Crippen LogP contribution in [0.2, 0.25) is 0 Å². The second-order valence-corrected chi connectivity index (χ2v) is 6.33. The van der Waals surface area contributed by atoms with E-state index in [1.807, 2.05) is 6.92 Å². The molecule has 0 radical (unpaired) electrons. The smallest absolute Gasteiger partial charge is 0.147 e. The van der Waals surface area contributed by atoms with Crippen molar-refractivity contribution in [2.24, 2.45) is 0 Å². The van der Waals surface area contributed by atoms with Gasteiger partial charge in [-0.15, -0.1) is 0 Å². The van der Waals surface area contributed by atoms with Gasteiger partial charge in [-0.1, -0.05) is 0 Å². The zero-order valence-corrected chi connectivity index (χ0v) is 14.2. The normalized spacial score (nSPS) is 19.4. The topological polar surface area (TPSA) is 30.5 Å². The lowest BCUT2D eigenvalue weighted by Crippen LogP contribution is -2.36. The number of halogens is 2. The second kappa shape index (κ2) is 7.62. The van der Waals surface area contributed by atoms with E-state index >= 15 is 0 Å². The first-order valence-electron chi connectivity index (χ1n) is 6.62. The van der Waals surface area contributed by atoms with Gasteiger partial charge in [-0.3, -0.25) is 0 Å². The molecule has 19 heavy (non-hydrogen) atoms. The molecule has 1 fully saturated rings. The van der Waals surface area contributed by atoms with Crippen molar-refractivity contribution in [3.8, 4) is 5.75 Å². The highest BCUT2D eigenvalue weighted by Crippen LogP contribution is 2.34. The van der Waals surface area contributed by atoms with Crippen LogP contribution in [0.4, 0.5) is 0 Å². The predicted octanol–water partition coefficient (Wildman–Crippen LogP) is 3.88. The number of ether oxygens (including phenoxy) is 2. The Morgan fingerprint density at radius 2 is 2.11 bits per heavy atom. The zero-order valence-electron chi connectivity index (χ0n) is 11.0. The fraction of sp³-hybridized carbons (Fsp3) is 0.571. The lowest BCUT2D eigenvalue weighted by Gasteiger charge is -2.23. The molecule has 1 aliphatic rings. The van der Waals surface area contributed by atoms with E-state index in [4.69, 9.17) is 9.47 Å². The van der Waals surface area contributed by atoms with E-state index < -0.39 is 0 Å². The van der Waals surface area contributed by atoms with Crippen molar-refractivity contribution in [3.63, 3.8) is 0 Å². The van der Waals surface area contributed by atoms with Crippen molar-refractivity contribution >= 4 is 31.9 Å². The summed E-state index contributed by atoms with van der Waals surface area (Å²) in [5, 5.41) is 3.54. The van der Waals surface area contributed by atoms with Crippen molar-refractivity contribution in [1.29, 1.82) is 0 Å². The monoisotopic (exact) mass is 391 g/mol. The van der Waals surface area contributed by atoms with Crippen LogP contribution < -0.4 is 10.1 Å². The average Bonchev–Trinajstić information content (AvgIpc) is 2.42. The Kier molecular flexibility index (Phi) is 6.13. The minimum absolute atomic E-state index is 0.470. The minimum Gasteiger partial charge on any atom is -0.492 e. The molecular formula is C14H19Br2NO2. The van der Waals surface area contributed by atoms with Gasteiger partial charge >= 0.3 is 0 Å². The summed E-state index contributed by atoms with van der Waals surface area (Å²) in [6.45, 7) is 5.21. The third-order valence-electron chi connectivity index (χ3n) is 3.10. The van der Waals surface area contributed by atoms with E-state index in [9.17, 15) is 0 Å². The highest BCUT2D eigenvalue weighted by molar-refractivity contribution is 9.11. The third kappa shape index (κ3) is 4.45. The molecule has 2 rings (SSSR count). The van der Waals surface area contributed by atoms with Crippen LogP contribution in [0.5, 0.6) is 5.75 Å². The van der Waals surface area contributed by atoms with Crippen molar-refractivity contribution in [1.82, 2.24) is 5.32 Å². The molecule has 0 bridgehead atoms. The van der Waals surface area contributed by atoms with Crippen LogP contribution in [0.1, 0.15) is 25.3 Å². The van der Waals surface area contributed by atoms with Gasteiger partial charge in [0.25, 0.3) is 0 Å². The highest BCUT2D eigenvalue weighted by Gasteiger charge is 2.14. The highest BCUT2D eigenvalue weighted by atomic mass is 79.9. The standard InChI is InChI=1S/C14H19Br2NO2/c1-2-19-14-12(15)6-10(7-13(14)16)8-17-11-4-3-5-18-9-11/h6-7,11,17H,2-5,8-9H2,1H3. The Balaban J connectivity index is 1.96. The lowest BCUT2D eigenvalue weighted by molar-refractivity contribution is 0.0699. The van der Waals surface area contributed by atoms with Gasteiger partial charge in [-0.25, -0.2) is 0 Å². The van der Waals surface area contributed by atoms with Crippen LogP contribution in [-0.2, 0) is 11.3 Å². The molecule has 0 aliphatic carbocycles. The summed E-state index contributed by atoms with van der Waals surface area (Å²) in [4.78, 5) is 0. The Morgan fingerprint density at radius 3 is 2.68 bits per heavy atom. The van der Waals surface area contributed by atoms with E-state index in [2.05, 4.69) is 49.3 Å². The van der Waals surface area contributed by atoms with E-state index in [1.165, 1.54) is 12.0 Å². The maximum Gasteiger partial charge on any atom is 0.147 e. The molecule has 0 saturated carbocycles. The van der Waals surface area contributed by atoms with Gasteiger partial charge in [0.2, 0.25) is 0 Å². The van der Waals surface area contributed by atoms with Gasteiger partial charge in [0.15, 0.2) is 0 Å². The van der Waals surface area contributed by atoms with Crippen molar-refractivity contribution in [2.75, 3.05) is 19.8 Å². The zero-order chi connectivity index (χ0) is 13.7. The number of nitrogens with one attached hydrogen (secondary N) is 1. The molecule has 1 aromatic carbocycles. The first-order chi connectivity index (χ1) is 9.20.